The van der Waals surface area contributed by atoms with E-state index < -0.39 is 5.97 Å². The van der Waals surface area contributed by atoms with E-state index in [-0.39, 0.29) is 5.75 Å². The van der Waals surface area contributed by atoms with E-state index in [1.54, 1.807) is 11.0 Å². The second-order valence-electron chi connectivity index (χ2n) is 5.03. The molecule has 0 saturated heterocycles. The molecule has 2 aromatic heterocycles. The van der Waals surface area contributed by atoms with Gasteiger partial charge in [0.1, 0.15) is 12.2 Å². The third-order valence-corrected chi connectivity index (χ3v) is 4.17. The first-order chi connectivity index (χ1) is 10.1. The van der Waals surface area contributed by atoms with Gasteiger partial charge in [-0.1, -0.05) is 11.8 Å². The molecule has 112 valence electrons. The summed E-state index contributed by atoms with van der Waals surface area (Å²) in [5.41, 5.74) is 0. The number of thioether (sulfide) groups is 1. The Labute approximate surface area is 125 Å². The zero-order valence-corrected chi connectivity index (χ0v) is 12.5. The van der Waals surface area contributed by atoms with Gasteiger partial charge in [-0.3, -0.25) is 9.48 Å². The molecule has 0 bridgehead atoms. The molecule has 3 rings (SSSR count). The van der Waals surface area contributed by atoms with E-state index in [1.807, 2.05) is 11.6 Å². The number of carboxylic acids is 1. The zero-order chi connectivity index (χ0) is 14.8. The largest absolute Gasteiger partial charge is 0.481 e. The quantitative estimate of drug-likeness (QED) is 0.752. The number of rotatable bonds is 7. The maximum atomic E-state index is 10.7. The van der Waals surface area contributed by atoms with Crippen molar-refractivity contribution in [3.63, 3.8) is 0 Å². The number of carbonyl (C=O) groups is 1. The molecule has 0 unspecified atom stereocenters. The average molecular weight is 308 g/mol. The molecule has 21 heavy (non-hydrogen) atoms. The van der Waals surface area contributed by atoms with Crippen molar-refractivity contribution in [1.29, 1.82) is 0 Å². The van der Waals surface area contributed by atoms with Gasteiger partial charge in [0.25, 0.3) is 0 Å². The highest BCUT2D eigenvalue weighted by molar-refractivity contribution is 7.99. The fourth-order valence-electron chi connectivity index (χ4n) is 2.10. The monoisotopic (exact) mass is 308 g/mol. The summed E-state index contributed by atoms with van der Waals surface area (Å²) in [7, 11) is 1.83. The second kappa shape index (κ2) is 5.84. The number of hydrogen-bond acceptors (Lipinski definition) is 6. The van der Waals surface area contributed by atoms with Crippen LogP contribution in [0.3, 0.4) is 0 Å². The van der Waals surface area contributed by atoms with Crippen molar-refractivity contribution in [2.75, 3.05) is 5.75 Å². The lowest BCUT2D eigenvalue weighted by atomic mass is 10.3. The third-order valence-electron chi connectivity index (χ3n) is 3.22. The molecule has 0 aromatic carbocycles. The highest BCUT2D eigenvalue weighted by atomic mass is 32.2. The van der Waals surface area contributed by atoms with E-state index in [0.29, 0.717) is 24.0 Å². The van der Waals surface area contributed by atoms with Gasteiger partial charge in [0.2, 0.25) is 0 Å². The average Bonchev–Trinajstić information content (AvgIpc) is 3.08. The predicted octanol–water partition coefficient (Wildman–Crippen LogP) is 0.703. The number of aliphatic carboxylic acids is 1. The summed E-state index contributed by atoms with van der Waals surface area (Å²) in [5, 5.41) is 22.1. The van der Waals surface area contributed by atoms with Gasteiger partial charge in [-0.05, 0) is 12.8 Å². The fraction of sp³-hybridized carbons (Fsp3) is 0.583. The number of nitrogens with zero attached hydrogens (tertiary/aromatic N) is 6. The third kappa shape index (κ3) is 3.41. The van der Waals surface area contributed by atoms with Crippen LogP contribution in [0.1, 0.15) is 30.4 Å². The van der Waals surface area contributed by atoms with Crippen LogP contribution < -0.4 is 0 Å². The normalized spacial score (nSPS) is 14.5. The summed E-state index contributed by atoms with van der Waals surface area (Å²) < 4.78 is 3.69. The highest BCUT2D eigenvalue weighted by Gasteiger charge is 2.30. The molecule has 1 aliphatic carbocycles. The zero-order valence-electron chi connectivity index (χ0n) is 11.6. The van der Waals surface area contributed by atoms with E-state index in [4.69, 9.17) is 5.11 Å². The van der Waals surface area contributed by atoms with Gasteiger partial charge in [-0.25, -0.2) is 4.98 Å². The van der Waals surface area contributed by atoms with Gasteiger partial charge in [0.15, 0.2) is 11.0 Å². The molecule has 1 aliphatic rings. The van der Waals surface area contributed by atoms with Gasteiger partial charge in [0, 0.05) is 25.9 Å². The van der Waals surface area contributed by atoms with Gasteiger partial charge in [-0.15, -0.1) is 10.2 Å². The van der Waals surface area contributed by atoms with Gasteiger partial charge < -0.3 is 9.67 Å². The van der Waals surface area contributed by atoms with Crippen molar-refractivity contribution in [2.45, 2.75) is 36.9 Å². The van der Waals surface area contributed by atoms with Gasteiger partial charge >= 0.3 is 5.97 Å². The van der Waals surface area contributed by atoms with Crippen LogP contribution in [0.25, 0.3) is 0 Å². The first kappa shape index (κ1) is 14.1. The summed E-state index contributed by atoms with van der Waals surface area (Å²) in [5.74, 6) is 1.33. The number of aromatic nitrogens is 6. The fourth-order valence-corrected chi connectivity index (χ4v) is 2.79. The van der Waals surface area contributed by atoms with Gasteiger partial charge in [0.05, 0.1) is 5.75 Å². The lowest BCUT2D eigenvalue weighted by Gasteiger charge is -2.07. The molecule has 1 fully saturated rings. The van der Waals surface area contributed by atoms with Crippen molar-refractivity contribution in [3.05, 3.63) is 18.0 Å². The molecule has 2 heterocycles. The summed E-state index contributed by atoms with van der Waals surface area (Å²) in [6.45, 7) is 0.671. The minimum atomic E-state index is -0.853. The van der Waals surface area contributed by atoms with Gasteiger partial charge in [-0.2, -0.15) is 5.10 Å². The molecular formula is C12H16N6O2S. The van der Waals surface area contributed by atoms with Crippen LogP contribution in [0, 0.1) is 0 Å². The van der Waals surface area contributed by atoms with Crippen LogP contribution in [0.2, 0.25) is 0 Å². The highest BCUT2D eigenvalue weighted by Crippen LogP contribution is 2.40. The van der Waals surface area contributed by atoms with E-state index in [2.05, 4.69) is 20.3 Å². The van der Waals surface area contributed by atoms with Crippen molar-refractivity contribution in [3.8, 4) is 0 Å². The minimum Gasteiger partial charge on any atom is -0.481 e. The first-order valence-corrected chi connectivity index (χ1v) is 7.74. The molecule has 9 heteroatoms. The number of carboxylic acid groups (broad SMARTS) is 1. The topological polar surface area (TPSA) is 98.7 Å². The lowest BCUT2D eigenvalue weighted by molar-refractivity contribution is -0.133. The smallest absolute Gasteiger partial charge is 0.313 e. The van der Waals surface area contributed by atoms with Crippen molar-refractivity contribution < 1.29 is 9.90 Å². The Bertz CT molecular complexity index is 648. The Hall–Kier alpha value is -1.90. The second-order valence-corrected chi connectivity index (χ2v) is 5.98. The van der Waals surface area contributed by atoms with Crippen molar-refractivity contribution in [1.82, 2.24) is 29.5 Å². The summed E-state index contributed by atoms with van der Waals surface area (Å²) in [4.78, 5) is 14.9. The SMILES string of the molecule is Cn1cnc(CCn2c(SCC(=O)O)nnc2C2CC2)n1. The molecule has 0 radical (unpaired) electrons. The molecule has 1 N–H and O–H groups in total. The molecule has 0 atom stereocenters. The Morgan fingerprint density at radius 3 is 2.90 bits per heavy atom. The Morgan fingerprint density at radius 2 is 2.29 bits per heavy atom. The maximum Gasteiger partial charge on any atom is 0.313 e. The molecule has 1 saturated carbocycles. The van der Waals surface area contributed by atoms with E-state index in [0.717, 1.165) is 24.5 Å². The first-order valence-electron chi connectivity index (χ1n) is 6.75. The predicted molar refractivity (Wildman–Crippen MR) is 75.1 cm³/mol. The van der Waals surface area contributed by atoms with Crippen LogP contribution in [0.15, 0.2) is 11.5 Å². The Morgan fingerprint density at radius 1 is 1.48 bits per heavy atom. The molecule has 0 amide bonds. The molecule has 0 spiro atoms. The van der Waals surface area contributed by atoms with Crippen LogP contribution >= 0.6 is 11.8 Å². The Kier molecular flexibility index (Phi) is 3.91. The maximum absolute atomic E-state index is 10.7. The summed E-state index contributed by atoms with van der Waals surface area (Å²) in [6.07, 6.45) is 4.61. The standard InChI is InChI=1S/C12H16N6O2S/c1-17-7-13-9(16-17)4-5-18-11(8-2-3-8)14-15-12(18)21-6-10(19)20/h7-8H,2-6H2,1H3,(H,19,20). The lowest BCUT2D eigenvalue weighted by Crippen LogP contribution is -2.09. The van der Waals surface area contributed by atoms with E-state index in [9.17, 15) is 4.79 Å². The minimum absolute atomic E-state index is 0.00929. The van der Waals surface area contributed by atoms with Crippen LogP contribution in [0.5, 0.6) is 0 Å². The van der Waals surface area contributed by atoms with Crippen molar-refractivity contribution >= 4 is 17.7 Å². The van der Waals surface area contributed by atoms with Crippen molar-refractivity contribution in [2.24, 2.45) is 7.05 Å². The van der Waals surface area contributed by atoms with Crippen LogP contribution in [-0.4, -0.2) is 46.4 Å². The molecule has 0 aliphatic heterocycles. The number of hydrogen-bond donors (Lipinski definition) is 1. The van der Waals surface area contributed by atoms with E-state index >= 15 is 0 Å². The van der Waals surface area contributed by atoms with Crippen LogP contribution in [0.4, 0.5) is 0 Å². The molecule has 8 nitrogen and oxygen atoms in total. The Balaban J connectivity index is 1.73. The summed E-state index contributed by atoms with van der Waals surface area (Å²) >= 11 is 1.21. The molecule has 2 aromatic rings. The summed E-state index contributed by atoms with van der Waals surface area (Å²) in [6, 6.07) is 0. The van der Waals surface area contributed by atoms with E-state index in [1.165, 1.54) is 11.8 Å². The molecular weight excluding hydrogens is 292 g/mol. The van der Waals surface area contributed by atoms with Crippen LogP contribution in [-0.2, 0) is 24.8 Å². The number of aryl methyl sites for hydroxylation is 2.